The third-order valence-electron chi connectivity index (χ3n) is 5.39. The zero-order valence-corrected chi connectivity index (χ0v) is 16.0. The number of benzene rings is 1. The van der Waals surface area contributed by atoms with E-state index in [4.69, 9.17) is 0 Å². The topological polar surface area (TPSA) is 93.1 Å². The van der Waals surface area contributed by atoms with Crippen LogP contribution in [0.15, 0.2) is 30.3 Å². The maximum atomic E-state index is 12.8. The number of nitrogens with one attached hydrogen (secondary N) is 1. The van der Waals surface area contributed by atoms with Crippen LogP contribution in [0.1, 0.15) is 38.3 Å². The summed E-state index contributed by atoms with van der Waals surface area (Å²) in [6.07, 6.45) is -0.646. The van der Waals surface area contributed by atoms with E-state index in [0.717, 1.165) is 12.0 Å². The van der Waals surface area contributed by atoms with Crippen LogP contribution in [0.2, 0.25) is 0 Å². The maximum absolute atomic E-state index is 12.8. The molecule has 2 aliphatic rings. The van der Waals surface area contributed by atoms with Crippen molar-refractivity contribution in [2.45, 2.75) is 44.9 Å². The van der Waals surface area contributed by atoms with Gasteiger partial charge in [-0.1, -0.05) is 44.2 Å². The van der Waals surface area contributed by atoms with E-state index in [9.17, 15) is 19.8 Å². The molecule has 2 heterocycles. The minimum atomic E-state index is -0.964. The molecule has 0 aliphatic carbocycles. The molecule has 1 aromatic rings. The van der Waals surface area contributed by atoms with E-state index in [1.807, 2.05) is 44.2 Å². The van der Waals surface area contributed by atoms with E-state index in [1.165, 1.54) is 4.90 Å². The Kier molecular flexibility index (Phi) is 5.72. The Bertz CT molecular complexity index is 679. The number of aliphatic hydroxyl groups is 2. The summed E-state index contributed by atoms with van der Waals surface area (Å²) in [5, 5.41) is 23.1. The van der Waals surface area contributed by atoms with Gasteiger partial charge >= 0.3 is 6.03 Å². The molecule has 27 heavy (non-hydrogen) atoms. The SMILES string of the molecule is CC1(C)C[C@@H](O)[C@@H](O)CN(C(=O)CN2CCC(c3ccccc3)NC2=O)C1. The molecule has 3 N–H and O–H groups in total. The molecule has 2 fully saturated rings. The first-order chi connectivity index (χ1) is 12.7. The van der Waals surface area contributed by atoms with Crippen LogP contribution in [-0.4, -0.2) is 70.3 Å². The highest BCUT2D eigenvalue weighted by atomic mass is 16.3. The summed E-state index contributed by atoms with van der Waals surface area (Å²) in [5.41, 5.74) is 0.762. The Morgan fingerprint density at radius 1 is 1.22 bits per heavy atom. The number of rotatable bonds is 3. The lowest BCUT2D eigenvalue weighted by Gasteiger charge is -2.35. The number of hydrogen-bond donors (Lipinski definition) is 3. The lowest BCUT2D eigenvalue weighted by Crippen LogP contribution is -2.53. The minimum Gasteiger partial charge on any atom is -0.390 e. The average molecular weight is 375 g/mol. The van der Waals surface area contributed by atoms with Gasteiger partial charge in [0.15, 0.2) is 0 Å². The lowest BCUT2D eigenvalue weighted by molar-refractivity contribution is -0.134. The van der Waals surface area contributed by atoms with Gasteiger partial charge in [0, 0.05) is 19.6 Å². The van der Waals surface area contributed by atoms with Gasteiger partial charge in [-0.05, 0) is 23.8 Å². The van der Waals surface area contributed by atoms with Gasteiger partial charge in [0.05, 0.1) is 18.2 Å². The van der Waals surface area contributed by atoms with E-state index in [2.05, 4.69) is 5.32 Å². The largest absolute Gasteiger partial charge is 0.390 e. The van der Waals surface area contributed by atoms with Crippen LogP contribution in [0.25, 0.3) is 0 Å². The van der Waals surface area contributed by atoms with E-state index >= 15 is 0 Å². The van der Waals surface area contributed by atoms with Crippen LogP contribution in [0.3, 0.4) is 0 Å². The Morgan fingerprint density at radius 2 is 1.93 bits per heavy atom. The van der Waals surface area contributed by atoms with E-state index in [0.29, 0.717) is 19.5 Å². The Hall–Kier alpha value is -2.12. The Balaban J connectivity index is 1.60. The van der Waals surface area contributed by atoms with Gasteiger partial charge in [-0.2, -0.15) is 0 Å². The molecule has 0 radical (unpaired) electrons. The monoisotopic (exact) mass is 375 g/mol. The van der Waals surface area contributed by atoms with Crippen LogP contribution in [-0.2, 0) is 4.79 Å². The molecule has 3 amide bonds. The van der Waals surface area contributed by atoms with Crippen molar-refractivity contribution in [3.05, 3.63) is 35.9 Å². The number of amides is 3. The molecule has 0 aromatic heterocycles. The van der Waals surface area contributed by atoms with Gasteiger partial charge in [-0.3, -0.25) is 4.79 Å². The first kappa shape index (κ1) is 19.6. The molecule has 1 aromatic carbocycles. The summed E-state index contributed by atoms with van der Waals surface area (Å²) in [5.74, 6) is -0.204. The average Bonchev–Trinajstić information content (AvgIpc) is 2.72. The van der Waals surface area contributed by atoms with Crippen molar-refractivity contribution in [2.24, 2.45) is 5.41 Å². The number of β-amino-alcohol motifs (C(OH)–C–C–N with tert-alkyl or cyclic N) is 1. The number of nitrogens with zero attached hydrogens (tertiary/aromatic N) is 2. The predicted molar refractivity (Wildman–Crippen MR) is 101 cm³/mol. The molecule has 0 saturated carbocycles. The third-order valence-corrected chi connectivity index (χ3v) is 5.39. The van der Waals surface area contributed by atoms with Crippen LogP contribution in [0.5, 0.6) is 0 Å². The molecular formula is C20H29N3O4. The number of urea groups is 1. The molecule has 3 rings (SSSR count). The summed E-state index contributed by atoms with van der Waals surface area (Å²) in [7, 11) is 0. The second-order valence-electron chi connectivity index (χ2n) is 8.40. The quantitative estimate of drug-likeness (QED) is 0.738. The summed E-state index contributed by atoms with van der Waals surface area (Å²) < 4.78 is 0. The van der Waals surface area contributed by atoms with E-state index in [-0.39, 0.29) is 36.5 Å². The van der Waals surface area contributed by atoms with Gasteiger partial charge in [-0.25, -0.2) is 4.79 Å². The fourth-order valence-corrected chi connectivity index (χ4v) is 3.93. The summed E-state index contributed by atoms with van der Waals surface area (Å²) in [4.78, 5) is 28.3. The molecule has 7 heteroatoms. The number of aliphatic hydroxyl groups excluding tert-OH is 2. The molecule has 7 nitrogen and oxygen atoms in total. The van der Waals surface area contributed by atoms with Gasteiger partial charge in [0.25, 0.3) is 0 Å². The molecule has 2 saturated heterocycles. The third kappa shape index (κ3) is 4.78. The normalized spacial score (nSPS) is 28.4. The van der Waals surface area contributed by atoms with Crippen LogP contribution in [0.4, 0.5) is 4.79 Å². The molecular weight excluding hydrogens is 346 g/mol. The van der Waals surface area contributed by atoms with Crippen molar-refractivity contribution in [3.8, 4) is 0 Å². The predicted octanol–water partition coefficient (Wildman–Crippen LogP) is 1.12. The van der Waals surface area contributed by atoms with Gasteiger partial charge in [0.2, 0.25) is 5.91 Å². The van der Waals surface area contributed by atoms with Crippen molar-refractivity contribution in [1.29, 1.82) is 0 Å². The number of likely N-dealkylation sites (tertiary alicyclic amines) is 1. The van der Waals surface area contributed by atoms with Crippen molar-refractivity contribution in [1.82, 2.24) is 15.1 Å². The molecule has 3 atom stereocenters. The van der Waals surface area contributed by atoms with Crippen LogP contribution >= 0.6 is 0 Å². The molecule has 0 bridgehead atoms. The Morgan fingerprint density at radius 3 is 2.59 bits per heavy atom. The first-order valence-corrected chi connectivity index (χ1v) is 9.49. The van der Waals surface area contributed by atoms with Gasteiger partial charge in [0.1, 0.15) is 6.54 Å². The van der Waals surface area contributed by atoms with Crippen molar-refractivity contribution >= 4 is 11.9 Å². The minimum absolute atomic E-state index is 0.0216. The first-order valence-electron chi connectivity index (χ1n) is 9.49. The van der Waals surface area contributed by atoms with E-state index < -0.39 is 12.2 Å². The second kappa shape index (κ2) is 7.86. The molecule has 148 valence electrons. The summed E-state index contributed by atoms with van der Waals surface area (Å²) >= 11 is 0. The summed E-state index contributed by atoms with van der Waals surface area (Å²) in [6.45, 7) is 4.94. The number of hydrogen-bond acceptors (Lipinski definition) is 4. The fourth-order valence-electron chi connectivity index (χ4n) is 3.93. The number of carbonyl (C=O) groups is 2. The van der Waals surface area contributed by atoms with Crippen LogP contribution < -0.4 is 5.32 Å². The highest BCUT2D eigenvalue weighted by molar-refractivity contribution is 5.84. The second-order valence-corrected chi connectivity index (χ2v) is 8.40. The van der Waals surface area contributed by atoms with Crippen molar-refractivity contribution in [3.63, 3.8) is 0 Å². The van der Waals surface area contributed by atoms with Crippen molar-refractivity contribution in [2.75, 3.05) is 26.2 Å². The highest BCUT2D eigenvalue weighted by Gasteiger charge is 2.37. The lowest BCUT2D eigenvalue weighted by atomic mass is 9.86. The standard InChI is InChI=1S/C20H29N3O4/c1-20(2)10-16(24)17(25)11-23(13-20)18(26)12-22-9-8-15(21-19(22)27)14-6-4-3-5-7-14/h3-7,15-17,24-25H,8-13H2,1-2H3,(H,21,27)/t15?,16-,17+/m1/s1. The van der Waals surface area contributed by atoms with E-state index in [1.54, 1.807) is 4.90 Å². The highest BCUT2D eigenvalue weighted by Crippen LogP contribution is 2.29. The zero-order chi connectivity index (χ0) is 19.6. The van der Waals surface area contributed by atoms with Gasteiger partial charge in [-0.15, -0.1) is 0 Å². The van der Waals surface area contributed by atoms with Crippen LogP contribution in [0, 0.1) is 5.41 Å². The smallest absolute Gasteiger partial charge is 0.318 e. The molecule has 0 spiro atoms. The summed E-state index contributed by atoms with van der Waals surface area (Å²) in [6, 6.07) is 9.50. The molecule has 1 unspecified atom stereocenters. The van der Waals surface area contributed by atoms with Crippen molar-refractivity contribution < 1.29 is 19.8 Å². The van der Waals surface area contributed by atoms with Gasteiger partial charge < -0.3 is 25.3 Å². The maximum Gasteiger partial charge on any atom is 0.318 e. The molecule has 2 aliphatic heterocycles. The zero-order valence-electron chi connectivity index (χ0n) is 16.0. The number of carbonyl (C=O) groups excluding carboxylic acids is 2. The fraction of sp³-hybridized carbons (Fsp3) is 0.600. The Labute approximate surface area is 160 Å².